The predicted molar refractivity (Wildman–Crippen MR) is 128 cm³/mol. The summed E-state index contributed by atoms with van der Waals surface area (Å²) in [6.07, 6.45) is 3.09. The van der Waals surface area contributed by atoms with Gasteiger partial charge in [0.15, 0.2) is 0 Å². The van der Waals surface area contributed by atoms with Crippen LogP contribution in [0.2, 0.25) is 0 Å². The van der Waals surface area contributed by atoms with Gasteiger partial charge in [-0.05, 0) is 81.0 Å². The van der Waals surface area contributed by atoms with Crippen LogP contribution >= 0.6 is 0 Å². The Balaban J connectivity index is 1.42. The number of benzene rings is 2. The molecule has 8 heteroatoms. The Morgan fingerprint density at radius 2 is 1.71 bits per heavy atom. The smallest absolute Gasteiger partial charge is 0.325 e. The molecule has 2 aliphatic rings. The number of hydrogen-bond acceptors (Lipinski definition) is 4. The van der Waals surface area contributed by atoms with E-state index in [0.29, 0.717) is 24.3 Å². The molecule has 1 heterocycles. The van der Waals surface area contributed by atoms with E-state index in [1.54, 1.807) is 36.1 Å². The Morgan fingerprint density at radius 3 is 2.38 bits per heavy atom. The van der Waals surface area contributed by atoms with Crippen molar-refractivity contribution in [1.29, 1.82) is 0 Å². The fourth-order valence-electron chi connectivity index (χ4n) is 4.65. The van der Waals surface area contributed by atoms with Crippen molar-refractivity contribution in [3.8, 4) is 0 Å². The van der Waals surface area contributed by atoms with Gasteiger partial charge in [0.2, 0.25) is 5.91 Å². The number of rotatable bonds is 7. The minimum atomic E-state index is -1.21. The number of fused-ring (bicyclic) bond motifs is 1. The second-order valence-corrected chi connectivity index (χ2v) is 8.89. The van der Waals surface area contributed by atoms with Crippen LogP contribution < -0.4 is 10.6 Å². The van der Waals surface area contributed by atoms with Gasteiger partial charge in [-0.1, -0.05) is 18.2 Å². The maximum atomic E-state index is 13.2. The molecule has 2 N–H and O–H groups in total. The second-order valence-electron chi connectivity index (χ2n) is 8.89. The number of nitrogens with zero attached hydrogens (tertiary/aromatic N) is 2. The summed E-state index contributed by atoms with van der Waals surface area (Å²) in [4.78, 5) is 53.5. The minimum Gasteiger partial charge on any atom is -0.339 e. The third kappa shape index (κ3) is 4.27. The largest absolute Gasteiger partial charge is 0.339 e. The van der Waals surface area contributed by atoms with Gasteiger partial charge in [-0.2, -0.15) is 0 Å². The number of carbonyl (C=O) groups excluding carboxylic acids is 4. The molecule has 0 radical (unpaired) electrons. The topological polar surface area (TPSA) is 98.8 Å². The monoisotopic (exact) mass is 462 g/mol. The van der Waals surface area contributed by atoms with Crippen molar-refractivity contribution in [2.24, 2.45) is 0 Å². The van der Waals surface area contributed by atoms with Gasteiger partial charge >= 0.3 is 6.03 Å². The molecule has 0 unspecified atom stereocenters. The number of hydrogen-bond donors (Lipinski definition) is 2. The Bertz CT molecular complexity index is 1140. The van der Waals surface area contributed by atoms with Gasteiger partial charge < -0.3 is 15.5 Å². The van der Waals surface area contributed by atoms with E-state index in [1.807, 2.05) is 32.0 Å². The van der Waals surface area contributed by atoms with E-state index in [0.717, 1.165) is 29.7 Å². The van der Waals surface area contributed by atoms with Gasteiger partial charge in [0.05, 0.1) is 0 Å². The molecular formula is C26H30N4O4. The SMILES string of the molecule is CCN(CC)C(=O)c1ccc(NC(=O)CN2C(=O)N[C@](C)(c3ccc4c(c3)CCC4)C2=O)cc1. The van der Waals surface area contributed by atoms with Crippen LogP contribution in [-0.4, -0.2) is 53.2 Å². The van der Waals surface area contributed by atoms with Gasteiger partial charge in [-0.3, -0.25) is 19.3 Å². The maximum Gasteiger partial charge on any atom is 0.325 e. The van der Waals surface area contributed by atoms with Crippen LogP contribution in [0.5, 0.6) is 0 Å². The van der Waals surface area contributed by atoms with Crippen molar-refractivity contribution in [2.45, 2.75) is 45.6 Å². The molecule has 0 spiro atoms. The number of imide groups is 1. The summed E-state index contributed by atoms with van der Waals surface area (Å²) in [5, 5.41) is 5.46. The second kappa shape index (κ2) is 9.29. The summed E-state index contributed by atoms with van der Waals surface area (Å²) in [7, 11) is 0. The fourth-order valence-corrected chi connectivity index (χ4v) is 4.65. The molecular weight excluding hydrogens is 432 g/mol. The molecule has 8 nitrogen and oxygen atoms in total. The zero-order valence-corrected chi connectivity index (χ0v) is 19.8. The highest BCUT2D eigenvalue weighted by molar-refractivity contribution is 6.10. The Labute approximate surface area is 199 Å². The average Bonchev–Trinajstić information content (AvgIpc) is 3.38. The van der Waals surface area contributed by atoms with E-state index in [1.165, 1.54) is 11.1 Å². The molecule has 1 atom stereocenters. The summed E-state index contributed by atoms with van der Waals surface area (Å²) in [6.45, 7) is 6.34. The molecule has 1 aliphatic heterocycles. The molecule has 0 saturated carbocycles. The van der Waals surface area contributed by atoms with Crippen LogP contribution in [-0.2, 0) is 28.0 Å². The van der Waals surface area contributed by atoms with Crippen LogP contribution in [0.1, 0.15) is 54.2 Å². The van der Waals surface area contributed by atoms with Crippen molar-refractivity contribution in [3.05, 3.63) is 64.7 Å². The molecule has 34 heavy (non-hydrogen) atoms. The zero-order valence-electron chi connectivity index (χ0n) is 19.8. The first kappa shape index (κ1) is 23.5. The van der Waals surface area contributed by atoms with Crippen LogP contribution in [0, 0.1) is 0 Å². The quantitative estimate of drug-likeness (QED) is 0.618. The van der Waals surface area contributed by atoms with Crippen LogP contribution in [0.3, 0.4) is 0 Å². The van der Waals surface area contributed by atoms with E-state index < -0.39 is 29.9 Å². The average molecular weight is 463 g/mol. The van der Waals surface area contributed by atoms with Crippen molar-refractivity contribution >= 4 is 29.4 Å². The van der Waals surface area contributed by atoms with Gasteiger partial charge in [0.1, 0.15) is 12.1 Å². The summed E-state index contributed by atoms with van der Waals surface area (Å²) in [5.74, 6) is -1.02. The third-order valence-corrected chi connectivity index (χ3v) is 6.72. The summed E-state index contributed by atoms with van der Waals surface area (Å²) in [6, 6.07) is 11.9. The first-order chi connectivity index (χ1) is 16.3. The van der Waals surface area contributed by atoms with E-state index in [2.05, 4.69) is 10.6 Å². The van der Waals surface area contributed by atoms with Crippen LogP contribution in [0.15, 0.2) is 42.5 Å². The summed E-state index contributed by atoms with van der Waals surface area (Å²) >= 11 is 0. The Kier molecular flexibility index (Phi) is 6.41. The first-order valence-corrected chi connectivity index (χ1v) is 11.7. The highest BCUT2D eigenvalue weighted by Crippen LogP contribution is 2.32. The number of anilines is 1. The molecule has 1 fully saturated rings. The van der Waals surface area contributed by atoms with Crippen molar-refractivity contribution in [3.63, 3.8) is 0 Å². The van der Waals surface area contributed by atoms with Crippen molar-refractivity contribution in [1.82, 2.24) is 15.1 Å². The Hall–Kier alpha value is -3.68. The normalized spacial score (nSPS) is 19.1. The first-order valence-electron chi connectivity index (χ1n) is 11.7. The van der Waals surface area contributed by atoms with E-state index >= 15 is 0 Å². The standard InChI is InChI=1S/C26H30N4O4/c1-4-29(5-2)23(32)18-10-13-21(14-11-18)27-22(31)16-30-24(33)26(3,28-25(30)34)20-12-9-17-7-6-8-19(17)15-20/h9-15H,4-8,16H2,1-3H3,(H,27,31)(H,28,34)/t26-/m1/s1. The molecule has 4 rings (SSSR count). The number of carbonyl (C=O) groups is 4. The molecule has 2 aromatic rings. The summed E-state index contributed by atoms with van der Waals surface area (Å²) < 4.78 is 0. The van der Waals surface area contributed by atoms with Crippen molar-refractivity contribution < 1.29 is 19.2 Å². The van der Waals surface area contributed by atoms with Crippen LogP contribution in [0.25, 0.3) is 0 Å². The predicted octanol–water partition coefficient (Wildman–Crippen LogP) is 3.06. The van der Waals surface area contributed by atoms with Crippen molar-refractivity contribution in [2.75, 3.05) is 25.0 Å². The molecule has 0 bridgehead atoms. The molecule has 0 aromatic heterocycles. The van der Waals surface area contributed by atoms with E-state index in [-0.39, 0.29) is 5.91 Å². The number of nitrogens with one attached hydrogen (secondary N) is 2. The molecule has 5 amide bonds. The summed E-state index contributed by atoms with van der Waals surface area (Å²) in [5.41, 5.74) is 3.02. The zero-order chi connectivity index (χ0) is 24.5. The number of aryl methyl sites for hydroxylation is 2. The van der Waals surface area contributed by atoms with Gasteiger partial charge in [-0.15, -0.1) is 0 Å². The Morgan fingerprint density at radius 1 is 1.03 bits per heavy atom. The molecule has 178 valence electrons. The van der Waals surface area contributed by atoms with Gasteiger partial charge in [0, 0.05) is 24.3 Å². The van der Waals surface area contributed by atoms with Gasteiger partial charge in [0.25, 0.3) is 11.8 Å². The lowest BCUT2D eigenvalue weighted by molar-refractivity contribution is -0.133. The highest BCUT2D eigenvalue weighted by Gasteiger charge is 2.49. The lowest BCUT2D eigenvalue weighted by Gasteiger charge is -2.23. The lowest BCUT2D eigenvalue weighted by atomic mass is 9.89. The van der Waals surface area contributed by atoms with E-state index in [9.17, 15) is 19.2 Å². The fraction of sp³-hybridized carbons (Fsp3) is 0.385. The number of urea groups is 1. The van der Waals surface area contributed by atoms with Crippen LogP contribution in [0.4, 0.5) is 10.5 Å². The molecule has 1 saturated heterocycles. The molecule has 1 aliphatic carbocycles. The lowest BCUT2D eigenvalue weighted by Crippen LogP contribution is -2.42. The van der Waals surface area contributed by atoms with Gasteiger partial charge in [-0.25, -0.2) is 4.79 Å². The third-order valence-electron chi connectivity index (χ3n) is 6.72. The highest BCUT2D eigenvalue weighted by atomic mass is 16.2. The minimum absolute atomic E-state index is 0.0759. The number of amides is 5. The maximum absolute atomic E-state index is 13.2. The molecule has 2 aromatic carbocycles. The van der Waals surface area contributed by atoms with E-state index in [4.69, 9.17) is 0 Å².